The lowest BCUT2D eigenvalue weighted by molar-refractivity contribution is -0.119. The summed E-state index contributed by atoms with van der Waals surface area (Å²) in [5.41, 5.74) is -0.544. The fraction of sp³-hybridized carbons (Fsp3) is 0.400. The first-order chi connectivity index (χ1) is 11.8. The van der Waals surface area contributed by atoms with Crippen molar-refractivity contribution in [1.29, 1.82) is 0 Å². The minimum atomic E-state index is -0.688. The van der Waals surface area contributed by atoms with Crippen molar-refractivity contribution in [3.63, 3.8) is 0 Å². The number of carbonyl (C=O) groups excluding carboxylic acids is 1. The van der Waals surface area contributed by atoms with Crippen LogP contribution < -0.4 is 16.6 Å². The summed E-state index contributed by atoms with van der Waals surface area (Å²) in [6, 6.07) is 0.909. The van der Waals surface area contributed by atoms with E-state index in [1.807, 2.05) is 6.92 Å². The Morgan fingerprint density at radius 1 is 1.32 bits per heavy atom. The van der Waals surface area contributed by atoms with Gasteiger partial charge in [-0.3, -0.25) is 18.7 Å². The molecule has 0 aliphatic rings. The van der Waals surface area contributed by atoms with Gasteiger partial charge < -0.3 is 14.4 Å². The summed E-state index contributed by atoms with van der Waals surface area (Å²) in [4.78, 5) is 41.3. The van der Waals surface area contributed by atoms with Crippen LogP contribution in [0.15, 0.2) is 26.5 Å². The number of nitrogens with one attached hydrogen (secondary N) is 1. The van der Waals surface area contributed by atoms with Crippen molar-refractivity contribution < 1.29 is 9.32 Å². The molecule has 1 amide bonds. The van der Waals surface area contributed by atoms with E-state index in [-0.39, 0.29) is 17.1 Å². The van der Waals surface area contributed by atoms with Crippen LogP contribution in [-0.4, -0.2) is 29.7 Å². The topological polar surface area (TPSA) is 117 Å². The molecule has 132 valence electrons. The number of nitrogens with zero attached hydrogens (tertiary/aromatic N) is 5. The smallest absolute Gasteiger partial charge is 0.332 e. The van der Waals surface area contributed by atoms with Gasteiger partial charge >= 0.3 is 5.69 Å². The van der Waals surface area contributed by atoms with E-state index < -0.39 is 17.3 Å². The molecule has 0 saturated carbocycles. The van der Waals surface area contributed by atoms with Gasteiger partial charge in [-0.25, -0.2) is 9.78 Å². The lowest BCUT2D eigenvalue weighted by atomic mass is 10.2. The molecule has 1 N–H and O–H groups in total. The average Bonchev–Trinajstić information content (AvgIpc) is 3.18. The van der Waals surface area contributed by atoms with E-state index in [1.165, 1.54) is 29.6 Å². The molecule has 0 fully saturated rings. The highest BCUT2D eigenvalue weighted by atomic mass is 16.5. The van der Waals surface area contributed by atoms with Gasteiger partial charge in [0.05, 0.1) is 6.33 Å². The quantitative estimate of drug-likeness (QED) is 0.727. The van der Waals surface area contributed by atoms with Gasteiger partial charge in [-0.05, 0) is 13.3 Å². The monoisotopic (exact) mass is 346 g/mol. The van der Waals surface area contributed by atoms with Crippen molar-refractivity contribution in [2.75, 3.05) is 5.32 Å². The number of rotatable bonds is 4. The van der Waals surface area contributed by atoms with Crippen molar-refractivity contribution >= 4 is 22.9 Å². The Kier molecular flexibility index (Phi) is 4.03. The molecule has 0 aliphatic heterocycles. The SMILES string of the molecule is CC[C@H](C(=O)Nc1cc(C)on1)n1cnc2c1c(=O)n(C)c(=O)n2C. The van der Waals surface area contributed by atoms with E-state index in [1.54, 1.807) is 13.0 Å². The summed E-state index contributed by atoms with van der Waals surface area (Å²) in [6.07, 6.45) is 1.81. The van der Waals surface area contributed by atoms with Crippen LogP contribution in [0.2, 0.25) is 0 Å². The molecule has 0 aliphatic carbocycles. The van der Waals surface area contributed by atoms with E-state index in [9.17, 15) is 14.4 Å². The fourth-order valence-electron chi connectivity index (χ4n) is 2.74. The largest absolute Gasteiger partial charge is 0.360 e. The predicted molar refractivity (Wildman–Crippen MR) is 89.4 cm³/mol. The second kappa shape index (κ2) is 6.04. The zero-order valence-electron chi connectivity index (χ0n) is 14.3. The van der Waals surface area contributed by atoms with Gasteiger partial charge in [0.1, 0.15) is 11.8 Å². The van der Waals surface area contributed by atoms with E-state index >= 15 is 0 Å². The minimum Gasteiger partial charge on any atom is -0.360 e. The number of fused-ring (bicyclic) bond motifs is 1. The maximum absolute atomic E-state index is 12.6. The number of anilines is 1. The van der Waals surface area contributed by atoms with E-state index in [0.717, 1.165) is 4.57 Å². The van der Waals surface area contributed by atoms with Crippen LogP contribution in [0, 0.1) is 6.92 Å². The summed E-state index contributed by atoms with van der Waals surface area (Å²) in [5, 5.41) is 6.39. The van der Waals surface area contributed by atoms with Gasteiger partial charge in [-0.15, -0.1) is 0 Å². The van der Waals surface area contributed by atoms with Crippen LogP contribution in [0.25, 0.3) is 11.2 Å². The molecule has 10 nitrogen and oxygen atoms in total. The molecule has 0 bridgehead atoms. The molecule has 0 radical (unpaired) electrons. The highest BCUT2D eigenvalue weighted by molar-refractivity contribution is 5.93. The standard InChI is InChI=1S/C15H18N6O4/c1-5-9(13(22)17-10-6-8(2)25-18-10)21-7-16-12-11(21)14(23)20(4)15(24)19(12)3/h6-7,9H,5H2,1-4H3,(H,17,18,22)/t9-/m1/s1. The van der Waals surface area contributed by atoms with Crippen LogP contribution in [0.3, 0.4) is 0 Å². The van der Waals surface area contributed by atoms with Gasteiger partial charge in [-0.2, -0.15) is 0 Å². The number of amides is 1. The van der Waals surface area contributed by atoms with Crippen LogP contribution >= 0.6 is 0 Å². The number of imidazole rings is 1. The van der Waals surface area contributed by atoms with Crippen molar-refractivity contribution in [3.8, 4) is 0 Å². The van der Waals surface area contributed by atoms with E-state index in [0.29, 0.717) is 18.0 Å². The van der Waals surface area contributed by atoms with Crippen molar-refractivity contribution in [3.05, 3.63) is 39.0 Å². The first-order valence-corrected chi connectivity index (χ1v) is 7.71. The second-order valence-electron chi connectivity index (χ2n) is 5.77. The number of aromatic nitrogens is 5. The summed E-state index contributed by atoms with van der Waals surface area (Å²) >= 11 is 0. The predicted octanol–water partition coefficient (Wildman–Crippen LogP) is 0.320. The zero-order chi connectivity index (χ0) is 18.3. The van der Waals surface area contributed by atoms with Crippen molar-refractivity contribution in [2.45, 2.75) is 26.3 Å². The maximum Gasteiger partial charge on any atom is 0.332 e. The summed E-state index contributed by atoms with van der Waals surface area (Å²) in [6.45, 7) is 3.53. The molecule has 0 aromatic carbocycles. The molecule has 0 saturated heterocycles. The van der Waals surface area contributed by atoms with Gasteiger partial charge in [0.25, 0.3) is 5.56 Å². The summed E-state index contributed by atoms with van der Waals surface area (Å²) in [5.74, 6) is 0.511. The highest BCUT2D eigenvalue weighted by Gasteiger charge is 2.24. The van der Waals surface area contributed by atoms with Gasteiger partial charge in [0.15, 0.2) is 17.0 Å². The first kappa shape index (κ1) is 16.7. The Hall–Kier alpha value is -3.17. The Morgan fingerprint density at radius 3 is 2.64 bits per heavy atom. The zero-order valence-corrected chi connectivity index (χ0v) is 14.3. The molecule has 25 heavy (non-hydrogen) atoms. The molecule has 0 spiro atoms. The molecule has 3 aromatic heterocycles. The van der Waals surface area contributed by atoms with Gasteiger partial charge in [0, 0.05) is 20.2 Å². The molecule has 1 atom stereocenters. The third-order valence-corrected chi connectivity index (χ3v) is 4.08. The van der Waals surface area contributed by atoms with Crippen molar-refractivity contribution in [2.24, 2.45) is 14.1 Å². The third-order valence-electron chi connectivity index (χ3n) is 4.08. The maximum atomic E-state index is 12.6. The third kappa shape index (κ3) is 2.65. The fourth-order valence-corrected chi connectivity index (χ4v) is 2.74. The molecule has 3 heterocycles. The number of hydrogen-bond donors (Lipinski definition) is 1. The van der Waals surface area contributed by atoms with Gasteiger partial charge in [-0.1, -0.05) is 12.1 Å². The van der Waals surface area contributed by atoms with Crippen LogP contribution in [0.1, 0.15) is 25.1 Å². The molecular weight excluding hydrogens is 328 g/mol. The molecular formula is C15H18N6O4. The highest BCUT2D eigenvalue weighted by Crippen LogP contribution is 2.19. The normalized spacial score (nSPS) is 12.5. The number of aryl methyl sites for hydroxylation is 2. The Morgan fingerprint density at radius 2 is 2.04 bits per heavy atom. The summed E-state index contributed by atoms with van der Waals surface area (Å²) in [7, 11) is 2.92. The second-order valence-corrected chi connectivity index (χ2v) is 5.77. The molecule has 10 heteroatoms. The van der Waals surface area contributed by atoms with Gasteiger partial charge in [0.2, 0.25) is 5.91 Å². The van der Waals surface area contributed by atoms with Crippen LogP contribution in [0.5, 0.6) is 0 Å². The summed E-state index contributed by atoms with van der Waals surface area (Å²) < 4.78 is 8.68. The minimum absolute atomic E-state index is 0.197. The van der Waals surface area contributed by atoms with Crippen molar-refractivity contribution in [1.82, 2.24) is 23.8 Å². The number of carbonyl (C=O) groups is 1. The lowest BCUT2D eigenvalue weighted by Gasteiger charge is -2.16. The number of hydrogen-bond acceptors (Lipinski definition) is 6. The first-order valence-electron chi connectivity index (χ1n) is 7.71. The molecule has 0 unspecified atom stereocenters. The Balaban J connectivity index is 2.09. The molecule has 3 rings (SSSR count). The van der Waals surface area contributed by atoms with E-state index in [4.69, 9.17) is 4.52 Å². The molecule has 3 aromatic rings. The van der Waals surface area contributed by atoms with E-state index in [2.05, 4.69) is 15.5 Å². The Labute approximate surface area is 141 Å². The average molecular weight is 346 g/mol. The van der Waals surface area contributed by atoms with Crippen LogP contribution in [0.4, 0.5) is 5.82 Å². The Bertz CT molecular complexity index is 1070. The lowest BCUT2D eigenvalue weighted by Crippen LogP contribution is -2.38. The van der Waals surface area contributed by atoms with Crippen LogP contribution in [-0.2, 0) is 18.9 Å².